The van der Waals surface area contributed by atoms with Crippen molar-refractivity contribution in [1.29, 1.82) is 0 Å². The number of likely N-dealkylation sites (tertiary alicyclic amines) is 1. The topological polar surface area (TPSA) is 45.2 Å². The molecular weight excluding hydrogens is 270 g/mol. The number of nitrogens with zero attached hydrogens (tertiary/aromatic N) is 2. The molecule has 0 bridgehead atoms. The molecule has 1 aromatic rings. The van der Waals surface area contributed by atoms with Crippen molar-refractivity contribution in [1.82, 2.24) is 9.88 Å². The Kier molecular flexibility index (Phi) is 3.82. The van der Waals surface area contributed by atoms with Gasteiger partial charge in [-0.1, -0.05) is 13.3 Å². The highest BCUT2D eigenvalue weighted by Gasteiger charge is 2.46. The van der Waals surface area contributed by atoms with Gasteiger partial charge in [-0.15, -0.1) is 11.3 Å². The molecular formula is C15H23N3OS. The Bertz CT molecular complexity index is 469. The summed E-state index contributed by atoms with van der Waals surface area (Å²) in [5, 5.41) is 5.50. The zero-order valence-electron chi connectivity index (χ0n) is 12.3. The van der Waals surface area contributed by atoms with Gasteiger partial charge < -0.3 is 5.32 Å². The van der Waals surface area contributed by atoms with Gasteiger partial charge in [0.05, 0.1) is 6.04 Å². The SMILES string of the molecule is CC(C(=O)Nc1nccs1)N1CCC(C)C2(CCC2)C1. The molecule has 2 heterocycles. The molecule has 1 aliphatic carbocycles. The van der Waals surface area contributed by atoms with E-state index in [2.05, 4.69) is 22.1 Å². The van der Waals surface area contributed by atoms with Crippen LogP contribution in [-0.2, 0) is 4.79 Å². The fourth-order valence-corrected chi connectivity index (χ4v) is 4.11. The molecule has 5 heteroatoms. The highest BCUT2D eigenvalue weighted by atomic mass is 32.1. The minimum absolute atomic E-state index is 0.0659. The summed E-state index contributed by atoms with van der Waals surface area (Å²) in [7, 11) is 0. The normalized spacial score (nSPS) is 27.0. The Morgan fingerprint density at radius 3 is 3.00 bits per heavy atom. The molecule has 1 aromatic heterocycles. The zero-order chi connectivity index (χ0) is 14.2. The Hall–Kier alpha value is -0.940. The lowest BCUT2D eigenvalue weighted by molar-refractivity contribution is -0.124. The van der Waals surface area contributed by atoms with E-state index < -0.39 is 0 Å². The van der Waals surface area contributed by atoms with Gasteiger partial charge in [0.25, 0.3) is 0 Å². The Balaban J connectivity index is 1.62. The monoisotopic (exact) mass is 293 g/mol. The maximum absolute atomic E-state index is 12.3. The van der Waals surface area contributed by atoms with Crippen LogP contribution in [0.3, 0.4) is 0 Å². The van der Waals surface area contributed by atoms with E-state index in [0.29, 0.717) is 10.5 Å². The van der Waals surface area contributed by atoms with Crippen LogP contribution in [0.5, 0.6) is 0 Å². The highest BCUT2D eigenvalue weighted by Crippen LogP contribution is 2.51. The van der Waals surface area contributed by atoms with Gasteiger partial charge in [-0.05, 0) is 44.1 Å². The molecule has 1 N–H and O–H groups in total. The molecule has 2 aliphatic rings. The van der Waals surface area contributed by atoms with Crippen LogP contribution in [0.1, 0.15) is 39.5 Å². The van der Waals surface area contributed by atoms with Crippen molar-refractivity contribution >= 4 is 22.4 Å². The van der Waals surface area contributed by atoms with Crippen molar-refractivity contribution < 1.29 is 4.79 Å². The Morgan fingerprint density at radius 1 is 1.60 bits per heavy atom. The molecule has 1 amide bonds. The van der Waals surface area contributed by atoms with Gasteiger partial charge >= 0.3 is 0 Å². The van der Waals surface area contributed by atoms with Crippen LogP contribution in [0, 0.1) is 11.3 Å². The molecule has 2 unspecified atom stereocenters. The maximum atomic E-state index is 12.3. The molecule has 3 rings (SSSR count). The van der Waals surface area contributed by atoms with Crippen LogP contribution >= 0.6 is 11.3 Å². The van der Waals surface area contributed by atoms with Gasteiger partial charge in [0, 0.05) is 18.1 Å². The van der Waals surface area contributed by atoms with Gasteiger partial charge in [0.2, 0.25) is 5.91 Å². The molecule has 0 aromatic carbocycles. The lowest BCUT2D eigenvalue weighted by Crippen LogP contribution is -2.56. The van der Waals surface area contributed by atoms with Gasteiger partial charge in [-0.2, -0.15) is 0 Å². The summed E-state index contributed by atoms with van der Waals surface area (Å²) in [5.41, 5.74) is 0.494. The number of anilines is 1. The fourth-order valence-electron chi connectivity index (χ4n) is 3.58. The zero-order valence-corrected chi connectivity index (χ0v) is 13.1. The average molecular weight is 293 g/mol. The number of hydrogen-bond acceptors (Lipinski definition) is 4. The molecule has 20 heavy (non-hydrogen) atoms. The summed E-state index contributed by atoms with van der Waals surface area (Å²) in [6, 6.07) is -0.0659. The number of carbonyl (C=O) groups excluding carboxylic acids is 1. The number of piperidine rings is 1. The summed E-state index contributed by atoms with van der Waals surface area (Å²) in [5.74, 6) is 0.880. The third-order valence-corrected chi connectivity index (χ3v) is 6.04. The summed E-state index contributed by atoms with van der Waals surface area (Å²) >= 11 is 1.47. The summed E-state index contributed by atoms with van der Waals surface area (Å²) in [4.78, 5) is 18.8. The van der Waals surface area contributed by atoms with E-state index in [4.69, 9.17) is 0 Å². The van der Waals surface area contributed by atoms with E-state index in [-0.39, 0.29) is 11.9 Å². The smallest absolute Gasteiger partial charge is 0.243 e. The van der Waals surface area contributed by atoms with E-state index in [1.807, 2.05) is 12.3 Å². The summed E-state index contributed by atoms with van der Waals surface area (Å²) < 4.78 is 0. The molecule has 1 saturated carbocycles. The second kappa shape index (κ2) is 5.45. The van der Waals surface area contributed by atoms with Crippen LogP contribution in [0.15, 0.2) is 11.6 Å². The second-order valence-electron chi connectivity index (χ2n) is 6.38. The molecule has 0 radical (unpaired) electrons. The van der Waals surface area contributed by atoms with Crippen molar-refractivity contribution in [2.45, 2.75) is 45.6 Å². The molecule has 1 spiro atoms. The Labute approximate surface area is 124 Å². The first-order valence-corrected chi connectivity index (χ1v) is 8.43. The highest BCUT2D eigenvalue weighted by molar-refractivity contribution is 7.13. The number of amides is 1. The standard InChI is InChI=1S/C15H23N3OS/c1-11-4-8-18(10-15(11)5-3-6-15)12(2)13(19)17-14-16-7-9-20-14/h7,9,11-12H,3-6,8,10H2,1-2H3,(H,16,17,19). The fraction of sp³-hybridized carbons (Fsp3) is 0.733. The van der Waals surface area contributed by atoms with Gasteiger partial charge in [-0.3, -0.25) is 9.69 Å². The predicted octanol–water partition coefficient (Wildman–Crippen LogP) is 2.98. The lowest BCUT2D eigenvalue weighted by Gasteiger charge is -2.54. The molecule has 2 fully saturated rings. The lowest BCUT2D eigenvalue weighted by atomic mass is 9.59. The number of nitrogens with one attached hydrogen (secondary N) is 1. The van der Waals surface area contributed by atoms with Crippen molar-refractivity contribution in [3.63, 3.8) is 0 Å². The van der Waals surface area contributed by atoms with Crippen LogP contribution in [0.4, 0.5) is 5.13 Å². The summed E-state index contributed by atoms with van der Waals surface area (Å²) in [6.45, 7) is 6.53. The summed E-state index contributed by atoms with van der Waals surface area (Å²) in [6.07, 6.45) is 6.97. The van der Waals surface area contributed by atoms with E-state index >= 15 is 0 Å². The molecule has 110 valence electrons. The van der Waals surface area contributed by atoms with E-state index in [0.717, 1.165) is 19.0 Å². The Morgan fingerprint density at radius 2 is 2.40 bits per heavy atom. The molecule has 1 saturated heterocycles. The van der Waals surface area contributed by atoms with Crippen molar-refractivity contribution in [3.8, 4) is 0 Å². The van der Waals surface area contributed by atoms with Crippen molar-refractivity contribution in [2.24, 2.45) is 11.3 Å². The number of thiazole rings is 1. The van der Waals surface area contributed by atoms with Gasteiger partial charge in [-0.25, -0.2) is 4.98 Å². The van der Waals surface area contributed by atoms with Crippen LogP contribution in [0.25, 0.3) is 0 Å². The van der Waals surface area contributed by atoms with Crippen LogP contribution in [-0.4, -0.2) is 34.9 Å². The third kappa shape index (κ3) is 2.49. The average Bonchev–Trinajstić information content (AvgIpc) is 2.89. The minimum Gasteiger partial charge on any atom is -0.301 e. The van der Waals surface area contributed by atoms with Gasteiger partial charge in [0.15, 0.2) is 5.13 Å². The predicted molar refractivity (Wildman–Crippen MR) is 81.8 cm³/mol. The first-order valence-electron chi connectivity index (χ1n) is 7.55. The largest absolute Gasteiger partial charge is 0.301 e. The van der Waals surface area contributed by atoms with E-state index in [9.17, 15) is 4.79 Å². The first kappa shape index (κ1) is 14.0. The van der Waals surface area contributed by atoms with Gasteiger partial charge in [0.1, 0.15) is 0 Å². The van der Waals surface area contributed by atoms with Crippen molar-refractivity contribution in [3.05, 3.63) is 11.6 Å². The number of aromatic nitrogens is 1. The van der Waals surface area contributed by atoms with Crippen molar-refractivity contribution in [2.75, 3.05) is 18.4 Å². The van der Waals surface area contributed by atoms with E-state index in [1.54, 1.807) is 6.20 Å². The van der Waals surface area contributed by atoms with Crippen LogP contribution in [0.2, 0.25) is 0 Å². The maximum Gasteiger partial charge on any atom is 0.243 e. The van der Waals surface area contributed by atoms with Crippen LogP contribution < -0.4 is 5.32 Å². The third-order valence-electron chi connectivity index (χ3n) is 5.35. The second-order valence-corrected chi connectivity index (χ2v) is 7.27. The number of carbonyl (C=O) groups is 1. The minimum atomic E-state index is -0.0659. The molecule has 2 atom stereocenters. The number of rotatable bonds is 3. The molecule has 4 nitrogen and oxygen atoms in total. The van der Waals surface area contributed by atoms with E-state index in [1.165, 1.54) is 37.0 Å². The first-order chi connectivity index (χ1) is 9.61. The molecule has 1 aliphatic heterocycles. The quantitative estimate of drug-likeness (QED) is 0.932. The number of hydrogen-bond donors (Lipinski definition) is 1.